The topological polar surface area (TPSA) is 186 Å². The lowest BCUT2D eigenvalue weighted by molar-refractivity contribution is 0.101. The van der Waals surface area contributed by atoms with Crippen LogP contribution in [0.4, 0.5) is 0 Å². The van der Waals surface area contributed by atoms with Crippen molar-refractivity contribution in [3.63, 3.8) is 0 Å². The number of aromatic nitrogens is 11. The summed E-state index contributed by atoms with van der Waals surface area (Å²) in [6.07, 6.45) is 10.4. The van der Waals surface area contributed by atoms with Crippen LogP contribution in [0.2, 0.25) is 0 Å². The van der Waals surface area contributed by atoms with E-state index in [0.29, 0.717) is 23.8 Å². The van der Waals surface area contributed by atoms with E-state index in [1.54, 1.807) is 18.0 Å². The molecule has 0 atom stereocenters. The second kappa shape index (κ2) is 20.3. The summed E-state index contributed by atoms with van der Waals surface area (Å²) in [5.74, 6) is 4.88. The minimum absolute atomic E-state index is 0.0504. The van der Waals surface area contributed by atoms with Gasteiger partial charge in [0.15, 0.2) is 23.3 Å². The highest BCUT2D eigenvalue weighted by molar-refractivity contribution is 6.05. The average molecular weight is 990 g/mol. The smallest absolute Gasteiger partial charge is 0.197 e. The van der Waals surface area contributed by atoms with E-state index in [9.17, 15) is 4.79 Å². The molecule has 4 aliphatic heterocycles. The third-order valence-corrected chi connectivity index (χ3v) is 12.5. The Hall–Kier alpha value is -8.34. The molecular formula is C57H63N15O2. The molecule has 0 amide bonds. The van der Waals surface area contributed by atoms with E-state index in [-0.39, 0.29) is 22.0 Å². The number of fused-ring (bicyclic) bond motifs is 4. The predicted molar refractivity (Wildman–Crippen MR) is 288 cm³/mol. The summed E-state index contributed by atoms with van der Waals surface area (Å²) in [5, 5.41) is 18.3. The van der Waals surface area contributed by atoms with Gasteiger partial charge in [0.25, 0.3) is 0 Å². The van der Waals surface area contributed by atoms with Crippen molar-refractivity contribution >= 4 is 28.9 Å². The van der Waals surface area contributed by atoms with Crippen molar-refractivity contribution in [2.45, 2.75) is 118 Å². The Balaban J connectivity index is 0.000000121. The first-order valence-corrected chi connectivity index (χ1v) is 24.7. The Kier molecular flexibility index (Phi) is 13.9. The number of rotatable bonds is 6. The lowest BCUT2D eigenvalue weighted by Gasteiger charge is -2.14. The second-order valence-electron chi connectivity index (χ2n) is 21.5. The largest absolute Gasteiger partial charge is 0.496 e. The molecule has 0 saturated carbocycles. The molecule has 0 aliphatic carbocycles. The molecule has 0 fully saturated rings. The molecule has 17 heteroatoms. The highest BCUT2D eigenvalue weighted by Gasteiger charge is 2.28. The Morgan fingerprint density at radius 3 is 1.74 bits per heavy atom. The molecule has 10 heterocycles. The molecule has 0 saturated heterocycles. The highest BCUT2D eigenvalue weighted by atomic mass is 16.5. The fourth-order valence-electron chi connectivity index (χ4n) is 8.26. The summed E-state index contributed by atoms with van der Waals surface area (Å²) in [6.45, 7) is 24.3. The normalized spacial score (nSPS) is 14.1. The summed E-state index contributed by atoms with van der Waals surface area (Å²) < 4.78 is 12.9. The molecular weight excluding hydrogens is 927 g/mol. The number of aliphatic imine (C=N–C) groups is 2. The van der Waals surface area contributed by atoms with Gasteiger partial charge in [0.1, 0.15) is 17.4 Å². The van der Waals surface area contributed by atoms with Gasteiger partial charge in [-0.25, -0.2) is 38.7 Å². The number of methoxy groups -OCH3 is 1. The van der Waals surface area contributed by atoms with Gasteiger partial charge in [-0.3, -0.25) is 19.8 Å². The van der Waals surface area contributed by atoms with Crippen molar-refractivity contribution in [1.82, 2.24) is 53.8 Å². The van der Waals surface area contributed by atoms with Crippen LogP contribution in [0.1, 0.15) is 148 Å². The molecule has 6 aromatic heterocycles. The summed E-state index contributed by atoms with van der Waals surface area (Å²) in [4.78, 5) is 42.1. The van der Waals surface area contributed by atoms with E-state index >= 15 is 0 Å². The quantitative estimate of drug-likeness (QED) is 0.146. The van der Waals surface area contributed by atoms with Crippen LogP contribution in [0.5, 0.6) is 5.75 Å². The summed E-state index contributed by atoms with van der Waals surface area (Å²) in [7, 11) is 1.69. The van der Waals surface area contributed by atoms with Crippen LogP contribution in [-0.2, 0) is 42.2 Å². The zero-order chi connectivity index (χ0) is 52.5. The number of benzene rings is 2. The van der Waals surface area contributed by atoms with E-state index in [1.807, 2.05) is 100 Å². The molecule has 378 valence electrons. The molecule has 0 radical (unpaired) electrons. The Labute approximate surface area is 432 Å². The van der Waals surface area contributed by atoms with Crippen molar-refractivity contribution in [3.05, 3.63) is 190 Å². The van der Waals surface area contributed by atoms with Crippen LogP contribution in [0.25, 0.3) is 0 Å². The highest BCUT2D eigenvalue weighted by Crippen LogP contribution is 2.29. The van der Waals surface area contributed by atoms with Crippen molar-refractivity contribution < 1.29 is 9.53 Å². The maximum atomic E-state index is 11.2. The molecule has 2 aromatic carbocycles. The van der Waals surface area contributed by atoms with E-state index in [1.165, 1.54) is 25.0 Å². The number of pyridine rings is 1. The zero-order valence-corrected chi connectivity index (χ0v) is 44.3. The summed E-state index contributed by atoms with van der Waals surface area (Å²) in [5.41, 5.74) is 12.2. The van der Waals surface area contributed by atoms with Crippen LogP contribution in [0.15, 0.2) is 136 Å². The summed E-state index contributed by atoms with van der Waals surface area (Å²) >= 11 is 0. The minimum Gasteiger partial charge on any atom is -0.496 e. The van der Waals surface area contributed by atoms with Gasteiger partial charge in [-0.15, -0.1) is 0 Å². The first-order valence-electron chi connectivity index (χ1n) is 24.7. The molecule has 8 aromatic rings. The van der Waals surface area contributed by atoms with Crippen LogP contribution < -0.4 is 4.74 Å². The third kappa shape index (κ3) is 11.0. The number of nitrogens with zero attached hydrogens (tertiary/aromatic N) is 15. The lowest BCUT2D eigenvalue weighted by Crippen LogP contribution is -2.16. The van der Waals surface area contributed by atoms with Gasteiger partial charge >= 0.3 is 0 Å². The van der Waals surface area contributed by atoms with Crippen molar-refractivity contribution in [3.8, 4) is 5.75 Å². The van der Waals surface area contributed by atoms with E-state index in [4.69, 9.17) is 14.8 Å². The zero-order valence-electron chi connectivity index (χ0n) is 44.3. The fourth-order valence-corrected chi connectivity index (χ4v) is 8.26. The van der Waals surface area contributed by atoms with Gasteiger partial charge in [-0.1, -0.05) is 111 Å². The maximum absolute atomic E-state index is 11.2. The number of hydrogen-bond donors (Lipinski definition) is 0. The SMILES string of the molecule is CC(=O)c1cnc(C2=NCc3cc(C)nn32)nc1.CC(C)(C)c1cc2n(n1)C(c1ccccc1)=NC2.CC(C)(C)c1cn2c(n1)CC(c1ccccn1)=N2.COc1ccccc1C1=Nn2cc(C(C)(C)C)nc2C1. The van der Waals surface area contributed by atoms with Gasteiger partial charge in [0, 0.05) is 46.0 Å². The molecule has 0 spiro atoms. The van der Waals surface area contributed by atoms with Gasteiger partial charge in [0.2, 0.25) is 0 Å². The van der Waals surface area contributed by atoms with E-state index < -0.39 is 0 Å². The lowest BCUT2D eigenvalue weighted by atomic mass is 9.92. The number of aryl methyl sites for hydroxylation is 1. The number of imidazole rings is 2. The number of hydrogen-bond acceptors (Lipinski definition) is 13. The molecule has 17 nitrogen and oxygen atoms in total. The Morgan fingerprint density at radius 2 is 1.16 bits per heavy atom. The van der Waals surface area contributed by atoms with E-state index in [0.717, 1.165) is 99.3 Å². The Morgan fingerprint density at radius 1 is 0.608 bits per heavy atom. The van der Waals surface area contributed by atoms with Gasteiger partial charge < -0.3 is 4.74 Å². The number of para-hydroxylation sites is 1. The molecule has 0 N–H and O–H groups in total. The third-order valence-electron chi connectivity index (χ3n) is 12.5. The average Bonchev–Trinajstić information content (AvgIpc) is 4.23. The van der Waals surface area contributed by atoms with Crippen LogP contribution in [0, 0.1) is 6.92 Å². The standard InChI is InChI=1S/C16H19N3O.C15H17N3.C14H16N4.C12H11N5O/c1-16(2,3)14-10-19-15(17-14)9-12(18-19)11-7-5-6-8-13(11)20-4;1-15(2,3)13-9-12-10-16-14(18(12)17-13)11-7-5-4-6-8-11;1-14(2,3)12-9-18-13(16-12)8-11(17-18)10-6-4-5-7-15-10;1-7-3-10-6-15-12(17(10)16-7)11-13-4-9(5-14-11)8(2)18/h5-8,10H,9H2,1-4H3;4-9H,10H2,1-3H3;4-7,9H,8H2,1-3H3;3-5H,6H2,1-2H3. The monoisotopic (exact) mass is 990 g/mol. The number of ether oxygens (including phenoxy) is 1. The minimum atomic E-state index is -0.0504. The number of Topliss-reactive ketones (excluding diaryl/α,β-unsaturated/α-hetero) is 1. The molecule has 0 bridgehead atoms. The van der Waals surface area contributed by atoms with Gasteiger partial charge in [-0.05, 0) is 50.2 Å². The van der Waals surface area contributed by atoms with Crippen molar-refractivity contribution in [2.24, 2.45) is 20.2 Å². The molecule has 74 heavy (non-hydrogen) atoms. The molecule has 12 rings (SSSR count). The second-order valence-corrected chi connectivity index (χ2v) is 21.5. The summed E-state index contributed by atoms with van der Waals surface area (Å²) in [6, 6.07) is 28.2. The van der Waals surface area contributed by atoms with Gasteiger partial charge in [-0.2, -0.15) is 20.4 Å². The predicted octanol–water partition coefficient (Wildman–Crippen LogP) is 9.36. The van der Waals surface area contributed by atoms with Gasteiger partial charge in [0.05, 0.1) is 102 Å². The van der Waals surface area contributed by atoms with E-state index in [2.05, 4.69) is 126 Å². The number of ketones is 1. The number of carbonyl (C=O) groups excluding carboxylic acids is 1. The van der Waals surface area contributed by atoms with Crippen molar-refractivity contribution in [2.75, 3.05) is 7.11 Å². The van der Waals surface area contributed by atoms with Crippen LogP contribution in [0.3, 0.4) is 0 Å². The first-order chi connectivity index (χ1) is 35.2. The maximum Gasteiger partial charge on any atom is 0.197 e. The molecule has 0 unspecified atom stereocenters. The fraction of sp³-hybridized carbons (Fsp3) is 0.333. The van der Waals surface area contributed by atoms with Crippen LogP contribution >= 0.6 is 0 Å². The van der Waals surface area contributed by atoms with Crippen molar-refractivity contribution in [1.29, 1.82) is 0 Å². The first kappa shape index (κ1) is 50.6. The molecule has 4 aliphatic rings. The number of carbonyl (C=O) groups is 1. The van der Waals surface area contributed by atoms with Crippen LogP contribution in [-0.4, -0.2) is 89.8 Å². The Bertz CT molecular complexity index is 3460.